The fraction of sp³-hybridized carbons (Fsp3) is 0.350. The number of hydrogen-bond acceptors (Lipinski definition) is 3. The minimum atomic E-state index is 0.641. The molecule has 2 aromatic heterocycles. The first kappa shape index (κ1) is 14.4. The van der Waals surface area contributed by atoms with Crippen LogP contribution in [-0.4, -0.2) is 27.8 Å². The Labute approximate surface area is 146 Å². The molecule has 4 heteroatoms. The highest BCUT2D eigenvalue weighted by atomic mass is 32.1. The third-order valence-electron chi connectivity index (χ3n) is 5.58. The van der Waals surface area contributed by atoms with E-state index in [-0.39, 0.29) is 0 Å². The molecule has 0 bridgehead atoms. The van der Waals surface area contributed by atoms with Gasteiger partial charge >= 0.3 is 0 Å². The van der Waals surface area contributed by atoms with Crippen molar-refractivity contribution < 1.29 is 0 Å². The van der Waals surface area contributed by atoms with Crippen molar-refractivity contribution in [1.82, 2.24) is 14.7 Å². The highest BCUT2D eigenvalue weighted by Gasteiger charge is 2.43. The maximum atomic E-state index is 4.86. The lowest BCUT2D eigenvalue weighted by atomic mass is 9.94. The normalized spacial score (nSPS) is 22.7. The van der Waals surface area contributed by atoms with Gasteiger partial charge in [0.2, 0.25) is 0 Å². The van der Waals surface area contributed by atoms with E-state index in [2.05, 4.69) is 63.8 Å². The minimum Gasteiger partial charge on any atom is -0.298 e. The summed E-state index contributed by atoms with van der Waals surface area (Å²) >= 11 is 1.80. The third kappa shape index (κ3) is 2.25. The van der Waals surface area contributed by atoms with Crippen molar-refractivity contribution in [3.63, 3.8) is 0 Å². The number of nitrogens with zero attached hydrogens (tertiary/aromatic N) is 3. The lowest BCUT2D eigenvalue weighted by molar-refractivity contribution is 0.313. The summed E-state index contributed by atoms with van der Waals surface area (Å²) < 4.78 is 2.12. The molecule has 0 unspecified atom stereocenters. The summed E-state index contributed by atoms with van der Waals surface area (Å²) in [6.45, 7) is 3.47. The summed E-state index contributed by atoms with van der Waals surface area (Å²) in [4.78, 5) is 2.63. The van der Waals surface area contributed by atoms with Gasteiger partial charge in [-0.15, -0.1) is 0 Å². The summed E-state index contributed by atoms with van der Waals surface area (Å²) in [5.74, 6) is 1.40. The van der Waals surface area contributed by atoms with Gasteiger partial charge in [-0.25, -0.2) is 0 Å². The summed E-state index contributed by atoms with van der Waals surface area (Å²) in [6, 6.07) is 12.9. The maximum Gasteiger partial charge on any atom is 0.0961 e. The largest absolute Gasteiger partial charge is 0.298 e. The first-order chi connectivity index (χ1) is 11.8. The molecular formula is C20H21N3S. The van der Waals surface area contributed by atoms with Crippen molar-refractivity contribution in [3.05, 3.63) is 64.0 Å². The number of aryl methyl sites for hydroxylation is 1. The van der Waals surface area contributed by atoms with E-state index in [9.17, 15) is 0 Å². The average Bonchev–Trinajstić information content (AvgIpc) is 3.33. The van der Waals surface area contributed by atoms with Crippen molar-refractivity contribution in [2.75, 3.05) is 13.1 Å². The molecule has 0 amide bonds. The molecule has 1 saturated heterocycles. The van der Waals surface area contributed by atoms with E-state index in [4.69, 9.17) is 5.10 Å². The summed E-state index contributed by atoms with van der Waals surface area (Å²) in [5, 5.41) is 9.32. The SMILES string of the molecule is Cn1nc(-c2ccccc2)c2c1C[C@@H]1CN(Cc3ccsc3)C[C@H]21. The first-order valence-electron chi connectivity index (χ1n) is 8.64. The quantitative estimate of drug-likeness (QED) is 0.723. The highest BCUT2D eigenvalue weighted by Crippen LogP contribution is 2.47. The van der Waals surface area contributed by atoms with Crippen LogP contribution in [0.1, 0.15) is 22.7 Å². The van der Waals surface area contributed by atoms with E-state index in [1.54, 1.807) is 11.3 Å². The smallest absolute Gasteiger partial charge is 0.0961 e. The van der Waals surface area contributed by atoms with Gasteiger partial charge in [0.25, 0.3) is 0 Å². The van der Waals surface area contributed by atoms with E-state index in [1.165, 1.54) is 47.6 Å². The molecule has 24 heavy (non-hydrogen) atoms. The highest BCUT2D eigenvalue weighted by molar-refractivity contribution is 7.07. The van der Waals surface area contributed by atoms with Crippen LogP contribution >= 0.6 is 11.3 Å². The average molecular weight is 335 g/mol. The molecule has 1 aliphatic carbocycles. The Kier molecular flexibility index (Phi) is 3.35. The third-order valence-corrected chi connectivity index (χ3v) is 6.32. The minimum absolute atomic E-state index is 0.641. The van der Waals surface area contributed by atoms with Crippen molar-refractivity contribution in [2.45, 2.75) is 18.9 Å². The lowest BCUT2D eigenvalue weighted by Gasteiger charge is -2.16. The van der Waals surface area contributed by atoms with Gasteiger partial charge in [-0.05, 0) is 34.7 Å². The number of likely N-dealkylation sites (tertiary alicyclic amines) is 1. The molecule has 3 nitrogen and oxygen atoms in total. The zero-order valence-electron chi connectivity index (χ0n) is 13.9. The summed E-state index contributed by atoms with van der Waals surface area (Å²) in [5.41, 5.74) is 6.89. The van der Waals surface area contributed by atoms with E-state index < -0.39 is 0 Å². The predicted molar refractivity (Wildman–Crippen MR) is 98.2 cm³/mol. The topological polar surface area (TPSA) is 21.1 Å². The Bertz CT molecular complexity index is 851. The van der Waals surface area contributed by atoms with E-state index in [0.717, 1.165) is 12.5 Å². The van der Waals surface area contributed by atoms with Crippen LogP contribution in [0.3, 0.4) is 0 Å². The maximum absolute atomic E-state index is 4.86. The predicted octanol–water partition coefficient (Wildman–Crippen LogP) is 3.92. The van der Waals surface area contributed by atoms with Crippen molar-refractivity contribution in [2.24, 2.45) is 13.0 Å². The molecular weight excluding hydrogens is 314 g/mol. The second kappa shape index (κ2) is 5.57. The molecule has 0 spiro atoms. The summed E-state index contributed by atoms with van der Waals surface area (Å²) in [6.07, 6.45) is 1.18. The molecule has 2 atom stereocenters. The molecule has 0 saturated carbocycles. The molecule has 1 aromatic carbocycles. The first-order valence-corrected chi connectivity index (χ1v) is 9.58. The van der Waals surface area contributed by atoms with Crippen LogP contribution in [0.15, 0.2) is 47.2 Å². The van der Waals surface area contributed by atoms with Gasteiger partial charge in [0.05, 0.1) is 5.69 Å². The second-order valence-electron chi connectivity index (χ2n) is 7.09. The van der Waals surface area contributed by atoms with Crippen molar-refractivity contribution in [1.29, 1.82) is 0 Å². The molecule has 1 fully saturated rings. The molecule has 0 N–H and O–H groups in total. The van der Waals surface area contributed by atoms with Gasteiger partial charge in [0.15, 0.2) is 0 Å². The zero-order chi connectivity index (χ0) is 16.1. The van der Waals surface area contributed by atoms with Crippen LogP contribution in [0.2, 0.25) is 0 Å². The van der Waals surface area contributed by atoms with E-state index >= 15 is 0 Å². The number of aromatic nitrogens is 2. The molecule has 5 rings (SSSR count). The molecule has 1 aliphatic heterocycles. The van der Waals surface area contributed by atoms with Crippen molar-refractivity contribution >= 4 is 11.3 Å². The van der Waals surface area contributed by atoms with Gasteiger partial charge in [-0.2, -0.15) is 16.4 Å². The van der Waals surface area contributed by atoms with Crippen LogP contribution in [0.25, 0.3) is 11.3 Å². The zero-order valence-corrected chi connectivity index (χ0v) is 14.7. The van der Waals surface area contributed by atoms with E-state index in [0.29, 0.717) is 5.92 Å². The molecule has 2 aliphatic rings. The Morgan fingerprint density at radius 3 is 2.83 bits per heavy atom. The number of fused-ring (bicyclic) bond motifs is 3. The van der Waals surface area contributed by atoms with Crippen LogP contribution in [-0.2, 0) is 20.0 Å². The van der Waals surface area contributed by atoms with Crippen LogP contribution in [0, 0.1) is 5.92 Å². The van der Waals surface area contributed by atoms with Gasteiger partial charge in [-0.1, -0.05) is 30.3 Å². The molecule has 3 aromatic rings. The fourth-order valence-corrected chi connectivity index (χ4v) is 5.19. The number of hydrogen-bond donors (Lipinski definition) is 0. The molecule has 3 heterocycles. The van der Waals surface area contributed by atoms with Crippen molar-refractivity contribution in [3.8, 4) is 11.3 Å². The second-order valence-corrected chi connectivity index (χ2v) is 7.88. The molecule has 0 radical (unpaired) electrons. The Morgan fingerprint density at radius 1 is 1.17 bits per heavy atom. The fourth-order valence-electron chi connectivity index (χ4n) is 4.53. The van der Waals surface area contributed by atoms with Gasteiger partial charge in [-0.3, -0.25) is 9.58 Å². The lowest BCUT2D eigenvalue weighted by Crippen LogP contribution is -2.21. The van der Waals surface area contributed by atoms with Gasteiger partial charge in [0, 0.05) is 49.4 Å². The van der Waals surface area contributed by atoms with Crippen LogP contribution < -0.4 is 0 Å². The Hall–Kier alpha value is -1.91. The van der Waals surface area contributed by atoms with E-state index in [1.807, 2.05) is 0 Å². The summed E-state index contributed by atoms with van der Waals surface area (Å²) in [7, 11) is 2.11. The standard InChI is InChI=1S/C20H21N3S/c1-22-18-9-16-11-23(10-14-7-8-24-13-14)12-17(16)19(18)20(21-22)15-5-3-2-4-6-15/h2-8,13,16-17H,9-12H2,1H3/t16-,17+/m1/s1. The Balaban J connectivity index is 1.47. The van der Waals surface area contributed by atoms with Gasteiger partial charge < -0.3 is 0 Å². The monoisotopic (exact) mass is 335 g/mol. The van der Waals surface area contributed by atoms with Crippen LogP contribution in [0.4, 0.5) is 0 Å². The number of benzene rings is 1. The number of rotatable bonds is 3. The Morgan fingerprint density at radius 2 is 2.04 bits per heavy atom. The molecule has 122 valence electrons. The van der Waals surface area contributed by atoms with Crippen LogP contribution in [0.5, 0.6) is 0 Å². The van der Waals surface area contributed by atoms with Gasteiger partial charge in [0.1, 0.15) is 0 Å². The number of thiophene rings is 1.